The zero-order chi connectivity index (χ0) is 9.26. The van der Waals surface area contributed by atoms with Gasteiger partial charge in [0.05, 0.1) is 0 Å². The zero-order valence-electron chi connectivity index (χ0n) is 7.23. The molecular formula is C9H11N3O. The number of nitrogens with two attached hydrogens (primary N) is 1. The van der Waals surface area contributed by atoms with Crippen LogP contribution in [0.3, 0.4) is 0 Å². The highest BCUT2D eigenvalue weighted by atomic mass is 16.2. The molecule has 0 unspecified atom stereocenters. The molecule has 1 aromatic heterocycles. The number of carbonyl (C=O) groups excluding carboxylic acids is 1. The molecule has 2 amide bonds. The molecule has 13 heavy (non-hydrogen) atoms. The van der Waals surface area contributed by atoms with Crippen molar-refractivity contribution in [1.29, 1.82) is 0 Å². The molecule has 0 atom stereocenters. The largest absolute Gasteiger partial charge is 0.351 e. The molecule has 2 heterocycles. The van der Waals surface area contributed by atoms with Crippen LogP contribution in [0.25, 0.3) is 0 Å². The first kappa shape index (κ1) is 8.04. The minimum atomic E-state index is -0.352. The first-order valence-electron chi connectivity index (χ1n) is 4.23. The van der Waals surface area contributed by atoms with Crippen molar-refractivity contribution in [3.8, 4) is 0 Å². The molecular weight excluding hydrogens is 166 g/mol. The summed E-state index contributed by atoms with van der Waals surface area (Å²) in [6.07, 6.45) is 4.45. The second-order valence-corrected chi connectivity index (χ2v) is 3.15. The summed E-state index contributed by atoms with van der Waals surface area (Å²) in [5.41, 5.74) is 7.57. The van der Waals surface area contributed by atoms with E-state index in [1.165, 1.54) is 5.56 Å². The van der Waals surface area contributed by atoms with Gasteiger partial charge >= 0.3 is 6.03 Å². The number of rotatable bonds is 0. The van der Waals surface area contributed by atoms with E-state index in [0.717, 1.165) is 12.0 Å². The van der Waals surface area contributed by atoms with E-state index in [1.54, 1.807) is 17.3 Å². The molecule has 4 nitrogen and oxygen atoms in total. The number of pyridine rings is 1. The predicted octanol–water partition coefficient (Wildman–Crippen LogP) is 0.518. The maximum Gasteiger partial charge on any atom is 0.315 e. The summed E-state index contributed by atoms with van der Waals surface area (Å²) in [6.45, 7) is 1.31. The summed E-state index contributed by atoms with van der Waals surface area (Å²) in [6, 6.07) is 1.64. The number of primary amides is 1. The van der Waals surface area contributed by atoms with Crippen molar-refractivity contribution >= 4 is 6.03 Å². The van der Waals surface area contributed by atoms with Gasteiger partial charge in [-0.25, -0.2) is 4.79 Å². The van der Waals surface area contributed by atoms with Crippen molar-refractivity contribution in [3.05, 3.63) is 29.6 Å². The molecule has 2 N–H and O–H groups in total. The van der Waals surface area contributed by atoms with Gasteiger partial charge in [-0.3, -0.25) is 4.98 Å². The van der Waals surface area contributed by atoms with E-state index in [9.17, 15) is 4.79 Å². The molecule has 0 saturated heterocycles. The number of fused-ring (bicyclic) bond motifs is 1. The molecule has 0 radical (unpaired) electrons. The summed E-state index contributed by atoms with van der Waals surface area (Å²) in [4.78, 5) is 16.5. The van der Waals surface area contributed by atoms with E-state index in [4.69, 9.17) is 5.73 Å². The van der Waals surface area contributed by atoms with Crippen LogP contribution in [-0.4, -0.2) is 22.5 Å². The van der Waals surface area contributed by atoms with Crippen LogP contribution in [0.15, 0.2) is 18.5 Å². The summed E-state index contributed by atoms with van der Waals surface area (Å²) in [5.74, 6) is 0. The van der Waals surface area contributed by atoms with Crippen LogP contribution < -0.4 is 5.73 Å². The van der Waals surface area contributed by atoms with Gasteiger partial charge in [0.2, 0.25) is 0 Å². The van der Waals surface area contributed by atoms with E-state index >= 15 is 0 Å². The summed E-state index contributed by atoms with van der Waals surface area (Å²) >= 11 is 0. The van der Waals surface area contributed by atoms with E-state index in [0.29, 0.717) is 13.1 Å². The Kier molecular flexibility index (Phi) is 1.88. The van der Waals surface area contributed by atoms with Crippen LogP contribution in [-0.2, 0) is 13.0 Å². The van der Waals surface area contributed by atoms with E-state index < -0.39 is 0 Å². The van der Waals surface area contributed by atoms with Crippen LogP contribution in [0.1, 0.15) is 11.1 Å². The van der Waals surface area contributed by atoms with Gasteiger partial charge < -0.3 is 10.6 Å². The van der Waals surface area contributed by atoms with Crippen LogP contribution in [0.5, 0.6) is 0 Å². The molecule has 4 heteroatoms. The Morgan fingerprint density at radius 2 is 2.38 bits per heavy atom. The van der Waals surface area contributed by atoms with Gasteiger partial charge in [0.1, 0.15) is 0 Å². The van der Waals surface area contributed by atoms with Crippen molar-refractivity contribution in [2.24, 2.45) is 5.73 Å². The van der Waals surface area contributed by atoms with Gasteiger partial charge in [0.15, 0.2) is 0 Å². The number of hydrogen-bond acceptors (Lipinski definition) is 2. The van der Waals surface area contributed by atoms with E-state index in [-0.39, 0.29) is 6.03 Å². The minimum Gasteiger partial charge on any atom is -0.351 e. The van der Waals surface area contributed by atoms with Crippen molar-refractivity contribution in [3.63, 3.8) is 0 Å². The van der Waals surface area contributed by atoms with E-state index in [1.807, 2.05) is 6.07 Å². The summed E-state index contributed by atoms with van der Waals surface area (Å²) in [7, 11) is 0. The first-order valence-corrected chi connectivity index (χ1v) is 4.23. The van der Waals surface area contributed by atoms with Gasteiger partial charge in [-0.05, 0) is 23.6 Å². The second-order valence-electron chi connectivity index (χ2n) is 3.15. The molecule has 0 spiro atoms. The quantitative estimate of drug-likeness (QED) is 0.628. The van der Waals surface area contributed by atoms with Crippen LogP contribution in [0, 0.1) is 0 Å². The van der Waals surface area contributed by atoms with E-state index in [2.05, 4.69) is 4.98 Å². The fourth-order valence-corrected chi connectivity index (χ4v) is 1.57. The number of aromatic nitrogens is 1. The van der Waals surface area contributed by atoms with Gasteiger partial charge in [-0.2, -0.15) is 0 Å². The maximum atomic E-state index is 10.9. The molecule has 1 aromatic rings. The molecule has 1 aliphatic rings. The maximum absolute atomic E-state index is 10.9. The Morgan fingerprint density at radius 3 is 3.15 bits per heavy atom. The SMILES string of the molecule is NC(=O)N1CCc2ccncc2C1. The van der Waals surface area contributed by atoms with Gasteiger partial charge in [0, 0.05) is 25.5 Å². The van der Waals surface area contributed by atoms with Gasteiger partial charge in [-0.1, -0.05) is 0 Å². The Balaban J connectivity index is 2.24. The van der Waals surface area contributed by atoms with Crippen LogP contribution in [0.2, 0.25) is 0 Å². The number of hydrogen-bond donors (Lipinski definition) is 1. The van der Waals surface area contributed by atoms with Crippen molar-refractivity contribution in [2.75, 3.05) is 6.54 Å². The normalized spacial score (nSPS) is 15.2. The number of carbonyl (C=O) groups is 1. The van der Waals surface area contributed by atoms with Crippen molar-refractivity contribution in [2.45, 2.75) is 13.0 Å². The molecule has 0 fully saturated rings. The minimum absolute atomic E-state index is 0.352. The van der Waals surface area contributed by atoms with Crippen LogP contribution in [0.4, 0.5) is 4.79 Å². The Bertz CT molecular complexity index is 337. The second kappa shape index (κ2) is 3.05. The smallest absolute Gasteiger partial charge is 0.315 e. The summed E-state index contributed by atoms with van der Waals surface area (Å²) < 4.78 is 0. The third-order valence-corrected chi connectivity index (χ3v) is 2.33. The highest BCUT2D eigenvalue weighted by Crippen LogP contribution is 2.16. The molecule has 0 aromatic carbocycles. The van der Waals surface area contributed by atoms with Crippen LogP contribution >= 0.6 is 0 Å². The predicted molar refractivity (Wildman–Crippen MR) is 47.9 cm³/mol. The molecule has 0 saturated carbocycles. The monoisotopic (exact) mass is 177 g/mol. The van der Waals surface area contributed by atoms with Crippen molar-refractivity contribution < 1.29 is 4.79 Å². The molecule has 1 aliphatic heterocycles. The fraction of sp³-hybridized carbons (Fsp3) is 0.333. The number of urea groups is 1. The Morgan fingerprint density at radius 1 is 1.54 bits per heavy atom. The third kappa shape index (κ3) is 1.47. The van der Waals surface area contributed by atoms with Gasteiger partial charge in [0.25, 0.3) is 0 Å². The topological polar surface area (TPSA) is 59.2 Å². The highest BCUT2D eigenvalue weighted by molar-refractivity contribution is 5.72. The lowest BCUT2D eigenvalue weighted by atomic mass is 10.0. The van der Waals surface area contributed by atoms with Crippen molar-refractivity contribution in [1.82, 2.24) is 9.88 Å². The number of amides is 2. The standard InChI is InChI=1S/C9H11N3O/c10-9(13)12-4-2-7-1-3-11-5-8(7)6-12/h1,3,5H,2,4,6H2,(H2,10,13). The summed E-state index contributed by atoms with van der Waals surface area (Å²) in [5, 5.41) is 0. The average molecular weight is 177 g/mol. The Labute approximate surface area is 76.4 Å². The number of nitrogens with zero attached hydrogens (tertiary/aromatic N) is 2. The third-order valence-electron chi connectivity index (χ3n) is 2.33. The fourth-order valence-electron chi connectivity index (χ4n) is 1.57. The highest BCUT2D eigenvalue weighted by Gasteiger charge is 2.17. The lowest BCUT2D eigenvalue weighted by molar-refractivity contribution is 0.202. The lowest BCUT2D eigenvalue weighted by Gasteiger charge is -2.26. The molecule has 0 aliphatic carbocycles. The molecule has 0 bridgehead atoms. The van der Waals surface area contributed by atoms with Gasteiger partial charge in [-0.15, -0.1) is 0 Å². The molecule has 2 rings (SSSR count). The zero-order valence-corrected chi connectivity index (χ0v) is 7.23. The Hall–Kier alpha value is -1.58. The lowest BCUT2D eigenvalue weighted by Crippen LogP contribution is -2.39. The first-order chi connectivity index (χ1) is 6.27. The average Bonchev–Trinajstić information content (AvgIpc) is 2.17. The molecule has 68 valence electrons.